The number of carbonyl (C=O) groups is 2. The number of hydrogen-bond acceptors (Lipinski definition) is 12. The molecule has 1 aliphatic heterocycles. The number of aliphatic hydroxyl groups is 1. The van der Waals surface area contributed by atoms with Crippen molar-refractivity contribution < 1.29 is 56.0 Å². The molecule has 0 fully saturated rings. The summed E-state index contributed by atoms with van der Waals surface area (Å²) in [4.78, 5) is 41.7. The molecule has 4 rings (SSSR count). The van der Waals surface area contributed by atoms with E-state index in [1.165, 1.54) is 31.2 Å². The summed E-state index contributed by atoms with van der Waals surface area (Å²) < 4.78 is 77.2. The van der Waals surface area contributed by atoms with Crippen LogP contribution in [0, 0.1) is 0 Å². The van der Waals surface area contributed by atoms with Crippen molar-refractivity contribution >= 4 is 25.4 Å². The number of methoxy groups -OCH3 is 1. The Bertz CT molecular complexity index is 1770. The van der Waals surface area contributed by atoms with Gasteiger partial charge in [0.05, 0.1) is 12.7 Å². The molecule has 3 aromatic rings. The summed E-state index contributed by atoms with van der Waals surface area (Å²) in [5.74, 6) is -5.84. The highest BCUT2D eigenvalue weighted by atomic mass is 31.2. The van der Waals surface area contributed by atoms with Gasteiger partial charge in [0.1, 0.15) is 23.7 Å². The zero-order valence-corrected chi connectivity index (χ0v) is 29.0. The molecule has 15 nitrogen and oxygen atoms in total. The maximum atomic E-state index is 15.6. The molecule has 0 saturated carbocycles. The average Bonchev–Trinajstić information content (AvgIpc) is 3.35. The third-order valence-corrected chi connectivity index (χ3v) is 8.59. The third-order valence-electron chi connectivity index (χ3n) is 6.92. The lowest BCUT2D eigenvalue weighted by molar-refractivity contribution is -0.217. The topological polar surface area (TPSA) is 186 Å². The number of anilines is 1. The van der Waals surface area contributed by atoms with Crippen LogP contribution in [0.5, 0.6) is 17.2 Å². The number of fused-ring (bicyclic) bond motifs is 1. The molecule has 0 spiro atoms. The molecule has 18 heteroatoms. The summed E-state index contributed by atoms with van der Waals surface area (Å²) >= 11 is 0. The number of hydrogen-bond donors (Lipinski definition) is 3. The Labute approximate surface area is 286 Å². The summed E-state index contributed by atoms with van der Waals surface area (Å²) in [5, 5.41) is 15.4. The van der Waals surface area contributed by atoms with Crippen molar-refractivity contribution in [3.63, 3.8) is 0 Å². The number of nitrogens with one attached hydrogen (secondary N) is 2. The fourth-order valence-corrected chi connectivity index (χ4v) is 6.15. The Morgan fingerprint density at radius 1 is 1.08 bits per heavy atom. The van der Waals surface area contributed by atoms with Gasteiger partial charge in [0.2, 0.25) is 12.0 Å². The van der Waals surface area contributed by atoms with Gasteiger partial charge in [-0.1, -0.05) is 18.2 Å². The Kier molecular flexibility index (Phi) is 12.0. The number of aromatic nitrogens is 2. The van der Waals surface area contributed by atoms with Gasteiger partial charge in [-0.25, -0.2) is 9.36 Å². The van der Waals surface area contributed by atoms with Crippen molar-refractivity contribution in [1.29, 1.82) is 0 Å². The summed E-state index contributed by atoms with van der Waals surface area (Å²) in [5.41, 5.74) is -1.07. The summed E-state index contributed by atoms with van der Waals surface area (Å²) in [6.07, 6.45) is -5.22. The summed E-state index contributed by atoms with van der Waals surface area (Å²) in [6.45, 7) is 7.24. The van der Waals surface area contributed by atoms with E-state index in [-0.39, 0.29) is 17.1 Å². The van der Waals surface area contributed by atoms with E-state index in [2.05, 4.69) is 15.4 Å². The smallest absolute Gasteiger partial charge is 0.459 e. The predicted molar refractivity (Wildman–Crippen MR) is 174 cm³/mol. The molecule has 1 aromatic heterocycles. The van der Waals surface area contributed by atoms with Gasteiger partial charge in [0.25, 0.3) is 5.91 Å². The van der Waals surface area contributed by atoms with Crippen LogP contribution in [0.25, 0.3) is 0 Å². The minimum Gasteiger partial charge on any atom is -0.462 e. The quantitative estimate of drug-likeness (QED) is 0.137. The highest BCUT2D eigenvalue weighted by Crippen LogP contribution is 2.45. The number of ether oxygens (including phenoxy) is 4. The maximum Gasteiger partial charge on any atom is 0.459 e. The molecular weight excluding hydrogens is 685 g/mol. The molecule has 2 heterocycles. The van der Waals surface area contributed by atoms with Gasteiger partial charge in [0.15, 0.2) is 11.5 Å². The third kappa shape index (κ3) is 9.63. The van der Waals surface area contributed by atoms with Gasteiger partial charge in [-0.05, 0) is 57.2 Å². The number of para-hydroxylation sites is 1. The molecule has 4 atom stereocenters. The molecule has 0 radical (unpaired) electrons. The lowest BCUT2D eigenvalue weighted by atomic mass is 10.1. The number of halogens is 2. The largest absolute Gasteiger partial charge is 0.462 e. The minimum atomic E-state index is -4.40. The van der Waals surface area contributed by atoms with Crippen molar-refractivity contribution in [2.75, 3.05) is 19.0 Å². The monoisotopic (exact) mass is 724 g/mol. The zero-order valence-electron chi connectivity index (χ0n) is 28.1. The second-order valence-corrected chi connectivity index (χ2v) is 13.6. The van der Waals surface area contributed by atoms with Crippen LogP contribution in [0.2, 0.25) is 0 Å². The van der Waals surface area contributed by atoms with Gasteiger partial charge in [0, 0.05) is 39.1 Å². The standard InChI is InChI=1S/C32H39F2N4O11P/c1-19(2)46-28(41)20(3)37-50(43,49-22-10-8-7-9-11-22)45-17-15-25(39)32(33,34)29(44-6)38-16-14-26(36-30(38)42)35-27(40)21-12-13-23-24(18-21)48-31(4,5)47-23/h7-14,16,18-20,25,29,39H,15,17H2,1-6H3,(H,37,43)(H,35,36,40,42)/t20-,25-,29?,50?/m1/s1. The van der Waals surface area contributed by atoms with Crippen LogP contribution < -0.4 is 30.1 Å². The first-order chi connectivity index (χ1) is 23.4. The Hall–Kier alpha value is -4.41. The number of amides is 1. The van der Waals surface area contributed by atoms with Gasteiger partial charge < -0.3 is 33.9 Å². The predicted octanol–water partition coefficient (Wildman–Crippen LogP) is 4.67. The number of esters is 1. The Balaban J connectivity index is 1.42. The van der Waals surface area contributed by atoms with Crippen molar-refractivity contribution in [3.8, 4) is 17.2 Å². The molecule has 2 aromatic carbocycles. The van der Waals surface area contributed by atoms with E-state index in [1.807, 2.05) is 0 Å². The number of alkyl halides is 2. The van der Waals surface area contributed by atoms with Crippen LogP contribution in [0.4, 0.5) is 14.6 Å². The molecular formula is C32H39F2N4O11P. The fourth-order valence-electron chi connectivity index (χ4n) is 4.65. The van der Waals surface area contributed by atoms with Gasteiger partial charge in [-0.3, -0.25) is 18.7 Å². The first-order valence-corrected chi connectivity index (χ1v) is 17.0. The molecule has 0 bridgehead atoms. The molecule has 3 N–H and O–H groups in total. The SMILES string of the molecule is COC(n1ccc(NC(=O)c2ccc3c(c2)OC(C)(C)O3)nc1=O)C(F)(F)[C@H](O)CCOP(=O)(N[C@H](C)C(=O)OC(C)C)Oc1ccccc1. The average molecular weight is 725 g/mol. The number of benzene rings is 2. The van der Waals surface area contributed by atoms with E-state index in [9.17, 15) is 24.1 Å². The number of carbonyl (C=O) groups excluding carboxylic acids is 2. The van der Waals surface area contributed by atoms with Gasteiger partial charge in [-0.15, -0.1) is 0 Å². The number of rotatable bonds is 16. The highest BCUT2D eigenvalue weighted by molar-refractivity contribution is 7.52. The van der Waals surface area contributed by atoms with Crippen LogP contribution in [0.1, 0.15) is 57.6 Å². The Morgan fingerprint density at radius 2 is 1.76 bits per heavy atom. The van der Waals surface area contributed by atoms with Gasteiger partial charge >= 0.3 is 25.3 Å². The van der Waals surface area contributed by atoms with Crippen molar-refractivity contribution in [2.24, 2.45) is 0 Å². The van der Waals surface area contributed by atoms with E-state index < -0.39 is 74.5 Å². The molecule has 1 amide bonds. The van der Waals surface area contributed by atoms with Crippen LogP contribution in [0.3, 0.4) is 0 Å². The van der Waals surface area contributed by atoms with E-state index in [0.717, 1.165) is 19.4 Å². The first kappa shape index (κ1) is 38.4. The normalized spacial score (nSPS) is 16.6. The Morgan fingerprint density at radius 3 is 2.40 bits per heavy atom. The van der Waals surface area contributed by atoms with E-state index >= 15 is 8.78 Å². The number of nitrogens with zero attached hydrogens (tertiary/aromatic N) is 2. The van der Waals surface area contributed by atoms with Crippen LogP contribution >= 0.6 is 7.75 Å². The summed E-state index contributed by atoms with van der Waals surface area (Å²) in [6, 6.07) is 12.1. The van der Waals surface area contributed by atoms with E-state index in [4.69, 9.17) is 28.0 Å². The molecule has 272 valence electrons. The zero-order chi connectivity index (χ0) is 36.9. The lowest BCUT2D eigenvalue weighted by Gasteiger charge is -2.31. The molecule has 0 saturated heterocycles. The van der Waals surface area contributed by atoms with Crippen molar-refractivity contribution in [2.45, 2.75) is 77.2 Å². The van der Waals surface area contributed by atoms with Crippen LogP contribution in [0.15, 0.2) is 65.6 Å². The minimum absolute atomic E-state index is 0.0875. The molecule has 1 aliphatic rings. The highest BCUT2D eigenvalue weighted by Gasteiger charge is 2.49. The van der Waals surface area contributed by atoms with Crippen LogP contribution in [-0.2, 0) is 23.4 Å². The second-order valence-electron chi connectivity index (χ2n) is 11.9. The first-order valence-electron chi connectivity index (χ1n) is 15.4. The van der Waals surface area contributed by atoms with E-state index in [0.29, 0.717) is 16.1 Å². The van der Waals surface area contributed by atoms with E-state index in [1.54, 1.807) is 52.0 Å². The maximum absolute atomic E-state index is 15.6. The molecule has 2 unspecified atom stereocenters. The van der Waals surface area contributed by atoms with Crippen LogP contribution in [-0.4, -0.2) is 70.2 Å². The van der Waals surface area contributed by atoms with Gasteiger partial charge in [-0.2, -0.15) is 18.9 Å². The lowest BCUT2D eigenvalue weighted by Crippen LogP contribution is -2.46. The molecule has 0 aliphatic carbocycles. The number of aliphatic hydroxyl groups excluding tert-OH is 1. The van der Waals surface area contributed by atoms with Crippen molar-refractivity contribution in [3.05, 3.63) is 76.8 Å². The second kappa shape index (κ2) is 15.6. The fraction of sp³-hybridized carbons (Fsp3) is 0.438. The summed E-state index contributed by atoms with van der Waals surface area (Å²) in [7, 11) is -3.50. The molecule has 50 heavy (non-hydrogen) atoms. The van der Waals surface area contributed by atoms with Crippen molar-refractivity contribution in [1.82, 2.24) is 14.6 Å².